The number of ether oxygens (including phenoxy) is 1. The zero-order chi connectivity index (χ0) is 17.7. The van der Waals surface area contributed by atoms with Crippen molar-refractivity contribution in [1.29, 1.82) is 0 Å². The summed E-state index contributed by atoms with van der Waals surface area (Å²) in [6, 6.07) is 5.31. The van der Waals surface area contributed by atoms with Gasteiger partial charge in [0.1, 0.15) is 0 Å². The van der Waals surface area contributed by atoms with E-state index in [4.69, 9.17) is 16.3 Å². The van der Waals surface area contributed by atoms with Gasteiger partial charge in [-0.3, -0.25) is 9.69 Å². The second-order valence-electron chi connectivity index (χ2n) is 5.47. The minimum absolute atomic E-state index is 0.00900. The Morgan fingerprint density at radius 2 is 2.00 bits per heavy atom. The Morgan fingerprint density at radius 1 is 1.33 bits per heavy atom. The first-order chi connectivity index (χ1) is 11.5. The first-order valence-corrected chi connectivity index (χ1v) is 8.00. The Balaban J connectivity index is 2.57. The number of benzene rings is 1. The van der Waals surface area contributed by atoms with Crippen LogP contribution in [-0.2, 0) is 6.54 Å². The summed E-state index contributed by atoms with van der Waals surface area (Å²) < 4.78 is 5.43. The normalized spacial score (nSPS) is 10.8. The Kier molecular flexibility index (Phi) is 6.12. The molecule has 4 nitrogen and oxygen atoms in total. The van der Waals surface area contributed by atoms with Crippen LogP contribution >= 0.6 is 11.6 Å². The summed E-state index contributed by atoms with van der Waals surface area (Å²) in [5, 5.41) is 1.30. The van der Waals surface area contributed by atoms with Crippen molar-refractivity contribution in [1.82, 2.24) is 9.88 Å². The van der Waals surface area contributed by atoms with Gasteiger partial charge in [0.05, 0.1) is 17.6 Å². The zero-order valence-electron chi connectivity index (χ0n) is 14.0. The first kappa shape index (κ1) is 18.2. The average Bonchev–Trinajstić information content (AvgIpc) is 2.57. The standard InChI is InChI=1S/C19H21ClN2O2/c1-5-9-22(10-6-2)12-16-18(20)15-11-14(13(3)23)7-8-17(15)21-19(16)24-4/h5-8,11H,1-2,9-10,12H2,3-4H3. The van der Waals surface area contributed by atoms with Crippen molar-refractivity contribution < 1.29 is 9.53 Å². The van der Waals surface area contributed by atoms with Crippen LogP contribution in [0.15, 0.2) is 43.5 Å². The van der Waals surface area contributed by atoms with Crippen LogP contribution in [0.3, 0.4) is 0 Å². The monoisotopic (exact) mass is 344 g/mol. The lowest BCUT2D eigenvalue weighted by Crippen LogP contribution is -2.24. The number of methoxy groups -OCH3 is 1. The molecule has 0 saturated heterocycles. The van der Waals surface area contributed by atoms with Crippen molar-refractivity contribution in [2.24, 2.45) is 0 Å². The first-order valence-electron chi connectivity index (χ1n) is 7.63. The van der Waals surface area contributed by atoms with Crippen LogP contribution in [-0.4, -0.2) is 35.9 Å². The summed E-state index contributed by atoms with van der Waals surface area (Å²) in [5.41, 5.74) is 2.09. The highest BCUT2D eigenvalue weighted by Crippen LogP contribution is 2.33. The number of halogens is 1. The lowest BCUT2D eigenvalue weighted by molar-refractivity contribution is 0.101. The van der Waals surface area contributed by atoms with Crippen LogP contribution in [0, 0.1) is 0 Å². The van der Waals surface area contributed by atoms with Gasteiger partial charge in [-0.25, -0.2) is 4.98 Å². The SMILES string of the molecule is C=CCN(CC=C)Cc1c(OC)nc2ccc(C(C)=O)cc2c1Cl. The number of nitrogens with zero attached hydrogens (tertiary/aromatic N) is 2. The lowest BCUT2D eigenvalue weighted by atomic mass is 10.1. The van der Waals surface area contributed by atoms with Crippen LogP contribution < -0.4 is 4.74 Å². The van der Waals surface area contributed by atoms with Gasteiger partial charge in [0.2, 0.25) is 5.88 Å². The number of rotatable bonds is 8. The Hall–Kier alpha value is -2.17. The van der Waals surface area contributed by atoms with Crippen molar-refractivity contribution in [2.45, 2.75) is 13.5 Å². The molecule has 0 saturated carbocycles. The molecule has 126 valence electrons. The van der Waals surface area contributed by atoms with Gasteiger partial charge in [-0.15, -0.1) is 13.2 Å². The molecule has 0 aliphatic carbocycles. The van der Waals surface area contributed by atoms with Gasteiger partial charge in [0, 0.05) is 36.1 Å². The number of carbonyl (C=O) groups excluding carboxylic acids is 1. The minimum atomic E-state index is -0.00900. The van der Waals surface area contributed by atoms with E-state index in [1.807, 2.05) is 12.2 Å². The maximum atomic E-state index is 11.6. The van der Waals surface area contributed by atoms with Gasteiger partial charge in [-0.1, -0.05) is 23.8 Å². The fourth-order valence-electron chi connectivity index (χ4n) is 2.56. The molecule has 0 fully saturated rings. The maximum Gasteiger partial charge on any atom is 0.219 e. The number of aromatic nitrogens is 1. The highest BCUT2D eigenvalue weighted by molar-refractivity contribution is 6.36. The summed E-state index contributed by atoms with van der Waals surface area (Å²) >= 11 is 6.64. The number of hydrogen-bond donors (Lipinski definition) is 0. The molecule has 1 aromatic heterocycles. The molecule has 5 heteroatoms. The molecule has 0 radical (unpaired) electrons. The summed E-state index contributed by atoms with van der Waals surface area (Å²) in [6.07, 6.45) is 3.65. The smallest absolute Gasteiger partial charge is 0.219 e. The lowest BCUT2D eigenvalue weighted by Gasteiger charge is -2.21. The molecular formula is C19H21ClN2O2. The van der Waals surface area contributed by atoms with Gasteiger partial charge in [0.25, 0.3) is 0 Å². The van der Waals surface area contributed by atoms with Gasteiger partial charge in [-0.05, 0) is 25.1 Å². The van der Waals surface area contributed by atoms with Crippen LogP contribution in [0.1, 0.15) is 22.8 Å². The second-order valence-corrected chi connectivity index (χ2v) is 5.85. The van der Waals surface area contributed by atoms with E-state index in [1.54, 1.807) is 25.3 Å². The second kappa shape index (κ2) is 8.08. The van der Waals surface area contributed by atoms with Crippen LogP contribution in [0.25, 0.3) is 10.9 Å². The van der Waals surface area contributed by atoms with Gasteiger partial charge < -0.3 is 4.74 Å². The summed E-state index contributed by atoms with van der Waals surface area (Å²) in [4.78, 5) is 18.3. The molecule has 1 heterocycles. The highest BCUT2D eigenvalue weighted by atomic mass is 35.5. The number of fused-ring (bicyclic) bond motifs is 1. The predicted octanol–water partition coefficient (Wildman–Crippen LogP) is 4.27. The molecule has 0 aliphatic heterocycles. The molecule has 0 bridgehead atoms. The van der Waals surface area contributed by atoms with Gasteiger partial charge in [-0.2, -0.15) is 0 Å². The Labute approximate surface area is 147 Å². The average molecular weight is 345 g/mol. The molecule has 0 aliphatic rings. The molecule has 1 aromatic carbocycles. The molecule has 2 rings (SSSR count). The van der Waals surface area contributed by atoms with E-state index in [9.17, 15) is 4.79 Å². The molecule has 2 aromatic rings. The minimum Gasteiger partial charge on any atom is -0.481 e. The van der Waals surface area contributed by atoms with E-state index in [-0.39, 0.29) is 5.78 Å². The van der Waals surface area contributed by atoms with Crippen molar-refractivity contribution in [3.63, 3.8) is 0 Å². The Morgan fingerprint density at radius 3 is 2.54 bits per heavy atom. The molecule has 0 spiro atoms. The third-order valence-electron chi connectivity index (χ3n) is 3.73. The van der Waals surface area contributed by atoms with Crippen LogP contribution in [0.5, 0.6) is 5.88 Å². The molecular weight excluding hydrogens is 324 g/mol. The van der Waals surface area contributed by atoms with E-state index in [0.717, 1.165) is 10.9 Å². The van der Waals surface area contributed by atoms with Crippen molar-refractivity contribution >= 4 is 28.3 Å². The molecule has 0 amide bonds. The molecule has 0 N–H and O–H groups in total. The van der Waals surface area contributed by atoms with Crippen molar-refractivity contribution in [2.75, 3.05) is 20.2 Å². The topological polar surface area (TPSA) is 42.4 Å². The Bertz CT molecular complexity index is 777. The van der Waals surface area contributed by atoms with Gasteiger partial charge in [0.15, 0.2) is 5.78 Å². The van der Waals surface area contributed by atoms with E-state index >= 15 is 0 Å². The number of Topliss-reactive ketones (excluding diaryl/α,β-unsaturated/α-hetero) is 1. The number of hydrogen-bond acceptors (Lipinski definition) is 4. The zero-order valence-corrected chi connectivity index (χ0v) is 14.8. The maximum absolute atomic E-state index is 11.6. The van der Waals surface area contributed by atoms with E-state index in [0.29, 0.717) is 41.6 Å². The third-order valence-corrected chi connectivity index (χ3v) is 4.17. The molecule has 24 heavy (non-hydrogen) atoms. The molecule has 0 atom stereocenters. The largest absolute Gasteiger partial charge is 0.481 e. The van der Waals surface area contributed by atoms with E-state index in [2.05, 4.69) is 23.0 Å². The van der Waals surface area contributed by atoms with Crippen LogP contribution in [0.2, 0.25) is 5.02 Å². The number of ketones is 1. The summed E-state index contributed by atoms with van der Waals surface area (Å²) in [6.45, 7) is 11.0. The van der Waals surface area contributed by atoms with E-state index < -0.39 is 0 Å². The van der Waals surface area contributed by atoms with E-state index in [1.165, 1.54) is 6.92 Å². The number of carbonyl (C=O) groups is 1. The van der Waals surface area contributed by atoms with Gasteiger partial charge >= 0.3 is 0 Å². The van der Waals surface area contributed by atoms with Crippen LogP contribution in [0.4, 0.5) is 0 Å². The summed E-state index contributed by atoms with van der Waals surface area (Å²) in [5.74, 6) is 0.478. The number of pyridine rings is 1. The molecule has 0 unspecified atom stereocenters. The fourth-order valence-corrected chi connectivity index (χ4v) is 2.85. The predicted molar refractivity (Wildman–Crippen MR) is 99.0 cm³/mol. The quantitative estimate of drug-likeness (QED) is 0.529. The van der Waals surface area contributed by atoms with Crippen molar-refractivity contribution in [3.05, 3.63) is 59.7 Å². The third kappa shape index (κ3) is 3.83. The highest BCUT2D eigenvalue weighted by Gasteiger charge is 2.17. The van der Waals surface area contributed by atoms with Crippen molar-refractivity contribution in [3.8, 4) is 5.88 Å². The fraction of sp³-hybridized carbons (Fsp3) is 0.263. The summed E-state index contributed by atoms with van der Waals surface area (Å²) in [7, 11) is 1.57.